The highest BCUT2D eigenvalue weighted by molar-refractivity contribution is 6.08. The third-order valence-electron chi connectivity index (χ3n) is 3.20. The number of carbonyl (C=O) groups is 1. The Hall–Kier alpha value is -2.96. The molecule has 2 aromatic heterocycles. The number of benzene rings is 1. The Labute approximate surface area is 129 Å². The van der Waals surface area contributed by atoms with Crippen LogP contribution in [0.25, 0.3) is 10.9 Å². The lowest BCUT2D eigenvalue weighted by molar-refractivity contribution is -0.141. The van der Waals surface area contributed by atoms with Crippen LogP contribution in [0, 0.1) is 0 Å². The molecule has 0 unspecified atom stereocenters. The number of aromatic nitrogens is 2. The van der Waals surface area contributed by atoms with Crippen LogP contribution in [0.15, 0.2) is 54.9 Å². The average molecular weight is 317 g/mol. The van der Waals surface area contributed by atoms with Crippen molar-refractivity contribution in [1.82, 2.24) is 9.97 Å². The molecule has 0 aliphatic heterocycles. The second-order valence-corrected chi connectivity index (χ2v) is 4.76. The minimum Gasteiger partial charge on any atom is -0.320 e. The number of hydrogen-bond acceptors (Lipinski definition) is 3. The van der Waals surface area contributed by atoms with Crippen molar-refractivity contribution in [3.05, 3.63) is 66.1 Å². The standard InChI is InChI=1S/C16H10F3N3O/c17-16(18,19)13-7-6-11(9-21-13)15(23)22-12-5-1-3-10-4-2-8-20-14(10)12/h1-9H,(H,22,23). The van der Waals surface area contributed by atoms with Crippen molar-refractivity contribution in [2.75, 3.05) is 5.32 Å². The largest absolute Gasteiger partial charge is 0.433 e. The Kier molecular flexibility index (Phi) is 3.69. The quantitative estimate of drug-likeness (QED) is 0.780. The van der Waals surface area contributed by atoms with Crippen molar-refractivity contribution in [2.45, 2.75) is 6.18 Å². The van der Waals surface area contributed by atoms with Gasteiger partial charge in [0.25, 0.3) is 5.91 Å². The molecule has 4 nitrogen and oxygen atoms in total. The number of nitrogens with one attached hydrogen (secondary N) is 1. The lowest BCUT2D eigenvalue weighted by atomic mass is 10.2. The molecule has 3 aromatic rings. The maximum atomic E-state index is 12.5. The van der Waals surface area contributed by atoms with Gasteiger partial charge in [0.05, 0.1) is 16.8 Å². The van der Waals surface area contributed by atoms with Crippen molar-refractivity contribution in [2.24, 2.45) is 0 Å². The molecule has 116 valence electrons. The molecule has 1 N–H and O–H groups in total. The molecule has 2 heterocycles. The van der Waals surface area contributed by atoms with Gasteiger partial charge in [-0.2, -0.15) is 13.2 Å². The van der Waals surface area contributed by atoms with Gasteiger partial charge in [-0.15, -0.1) is 0 Å². The molecular weight excluding hydrogens is 307 g/mol. The molecule has 0 saturated carbocycles. The number of halogens is 3. The van der Waals surface area contributed by atoms with Gasteiger partial charge in [0.1, 0.15) is 5.69 Å². The van der Waals surface area contributed by atoms with Gasteiger partial charge < -0.3 is 5.32 Å². The molecular formula is C16H10F3N3O. The van der Waals surface area contributed by atoms with Gasteiger partial charge in [-0.3, -0.25) is 14.8 Å². The minimum absolute atomic E-state index is 0.0333. The molecule has 3 rings (SSSR count). The van der Waals surface area contributed by atoms with E-state index in [1.807, 2.05) is 12.1 Å². The first-order valence-electron chi connectivity index (χ1n) is 6.63. The minimum atomic E-state index is -4.53. The highest BCUT2D eigenvalue weighted by atomic mass is 19.4. The van der Waals surface area contributed by atoms with Crippen LogP contribution in [0.4, 0.5) is 18.9 Å². The number of rotatable bonds is 2. The molecule has 1 aromatic carbocycles. The number of para-hydroxylation sites is 1. The second kappa shape index (κ2) is 5.68. The molecule has 0 aliphatic carbocycles. The second-order valence-electron chi connectivity index (χ2n) is 4.76. The van der Waals surface area contributed by atoms with Crippen LogP contribution in [-0.2, 0) is 6.18 Å². The number of anilines is 1. The summed E-state index contributed by atoms with van der Waals surface area (Å²) in [5, 5.41) is 3.48. The van der Waals surface area contributed by atoms with Gasteiger partial charge in [-0.1, -0.05) is 18.2 Å². The first-order chi connectivity index (χ1) is 10.9. The predicted molar refractivity (Wildman–Crippen MR) is 78.9 cm³/mol. The fraction of sp³-hybridized carbons (Fsp3) is 0.0625. The molecule has 0 saturated heterocycles. The summed E-state index contributed by atoms with van der Waals surface area (Å²) in [5.41, 5.74) is 0.0723. The molecule has 7 heteroatoms. The van der Waals surface area contributed by atoms with Crippen LogP contribution in [0.3, 0.4) is 0 Å². The van der Waals surface area contributed by atoms with E-state index in [-0.39, 0.29) is 5.56 Å². The number of hydrogen-bond donors (Lipinski definition) is 1. The maximum Gasteiger partial charge on any atom is 0.433 e. The van der Waals surface area contributed by atoms with Gasteiger partial charge in [0, 0.05) is 17.8 Å². The lowest BCUT2D eigenvalue weighted by Crippen LogP contribution is -2.14. The summed E-state index contributed by atoms with van der Waals surface area (Å²) < 4.78 is 37.4. The third-order valence-corrected chi connectivity index (χ3v) is 3.20. The fourth-order valence-electron chi connectivity index (χ4n) is 2.10. The van der Waals surface area contributed by atoms with Crippen LogP contribution in [-0.4, -0.2) is 15.9 Å². The van der Waals surface area contributed by atoms with Crippen LogP contribution >= 0.6 is 0 Å². The molecule has 0 bridgehead atoms. The maximum absolute atomic E-state index is 12.5. The molecule has 0 spiro atoms. The smallest absolute Gasteiger partial charge is 0.320 e. The molecule has 0 atom stereocenters. The summed E-state index contributed by atoms with van der Waals surface area (Å²) in [6, 6.07) is 10.7. The Bertz CT molecular complexity index is 855. The molecule has 1 amide bonds. The topological polar surface area (TPSA) is 54.9 Å². The first-order valence-corrected chi connectivity index (χ1v) is 6.63. The van der Waals surface area contributed by atoms with Crippen molar-refractivity contribution in [1.29, 1.82) is 0 Å². The highest BCUT2D eigenvalue weighted by Crippen LogP contribution is 2.27. The zero-order valence-electron chi connectivity index (χ0n) is 11.6. The van der Waals surface area contributed by atoms with E-state index in [4.69, 9.17) is 0 Å². The lowest BCUT2D eigenvalue weighted by Gasteiger charge is -2.09. The molecule has 0 aliphatic rings. The van der Waals surface area contributed by atoms with Crippen LogP contribution in [0.2, 0.25) is 0 Å². The monoisotopic (exact) mass is 317 g/mol. The third kappa shape index (κ3) is 3.13. The Morgan fingerprint density at radius 2 is 1.78 bits per heavy atom. The molecule has 23 heavy (non-hydrogen) atoms. The molecule has 0 fully saturated rings. The number of nitrogens with zero attached hydrogens (tertiary/aromatic N) is 2. The number of fused-ring (bicyclic) bond motifs is 1. The predicted octanol–water partition coefficient (Wildman–Crippen LogP) is 3.90. The van der Waals surface area contributed by atoms with E-state index in [1.165, 1.54) is 0 Å². The SMILES string of the molecule is O=C(Nc1cccc2cccnc12)c1ccc(C(F)(F)F)nc1. The zero-order valence-corrected chi connectivity index (χ0v) is 11.6. The number of carbonyl (C=O) groups excluding carboxylic acids is 1. The summed E-state index contributed by atoms with van der Waals surface area (Å²) in [5.74, 6) is -0.552. The van der Waals surface area contributed by atoms with Crippen LogP contribution in [0.5, 0.6) is 0 Å². The number of alkyl halides is 3. The van der Waals surface area contributed by atoms with Gasteiger partial charge in [-0.05, 0) is 24.3 Å². The van der Waals surface area contributed by atoms with Crippen molar-refractivity contribution >= 4 is 22.5 Å². The summed E-state index contributed by atoms with van der Waals surface area (Å²) in [7, 11) is 0. The summed E-state index contributed by atoms with van der Waals surface area (Å²) in [6.45, 7) is 0. The van der Waals surface area contributed by atoms with E-state index in [9.17, 15) is 18.0 Å². The van der Waals surface area contributed by atoms with Gasteiger partial charge in [-0.25, -0.2) is 0 Å². The van der Waals surface area contributed by atoms with Crippen molar-refractivity contribution in [3.8, 4) is 0 Å². The number of pyridine rings is 2. The highest BCUT2D eigenvalue weighted by Gasteiger charge is 2.32. The zero-order chi connectivity index (χ0) is 16.4. The average Bonchev–Trinajstić information content (AvgIpc) is 2.54. The van der Waals surface area contributed by atoms with Crippen LogP contribution < -0.4 is 5.32 Å². The Balaban J connectivity index is 1.86. The van der Waals surface area contributed by atoms with Gasteiger partial charge in [0.2, 0.25) is 0 Å². The summed E-state index contributed by atoms with van der Waals surface area (Å²) in [6.07, 6.45) is -2.04. The fourth-order valence-corrected chi connectivity index (χ4v) is 2.10. The summed E-state index contributed by atoms with van der Waals surface area (Å²) >= 11 is 0. The Morgan fingerprint density at radius 3 is 2.48 bits per heavy atom. The van der Waals surface area contributed by atoms with E-state index in [2.05, 4.69) is 15.3 Å². The van der Waals surface area contributed by atoms with Crippen molar-refractivity contribution < 1.29 is 18.0 Å². The van der Waals surface area contributed by atoms with E-state index in [0.717, 1.165) is 23.7 Å². The van der Waals surface area contributed by atoms with E-state index in [0.29, 0.717) is 11.2 Å². The molecule has 0 radical (unpaired) electrons. The van der Waals surface area contributed by atoms with Crippen molar-refractivity contribution in [3.63, 3.8) is 0 Å². The normalized spacial score (nSPS) is 11.4. The first kappa shape index (κ1) is 15.0. The number of amides is 1. The Morgan fingerprint density at radius 1 is 1.00 bits per heavy atom. The summed E-state index contributed by atoms with van der Waals surface area (Å²) in [4.78, 5) is 19.6. The van der Waals surface area contributed by atoms with Crippen LogP contribution in [0.1, 0.15) is 16.1 Å². The van der Waals surface area contributed by atoms with Gasteiger partial charge in [0.15, 0.2) is 0 Å². The van der Waals surface area contributed by atoms with Gasteiger partial charge >= 0.3 is 6.18 Å². The van der Waals surface area contributed by atoms with E-state index < -0.39 is 17.8 Å². The van der Waals surface area contributed by atoms with E-state index >= 15 is 0 Å². The van der Waals surface area contributed by atoms with E-state index in [1.54, 1.807) is 24.4 Å².